The van der Waals surface area contributed by atoms with Crippen LogP contribution < -0.4 is 0 Å². The van der Waals surface area contributed by atoms with E-state index >= 15 is 0 Å². The molecule has 9 nitrogen and oxygen atoms in total. The van der Waals surface area contributed by atoms with Gasteiger partial charge in [0.2, 0.25) is 0 Å². The Kier molecular flexibility index (Phi) is 7.72. The number of aryl methyl sites for hydroxylation is 2. The number of nitrogens with zero attached hydrogens (tertiary/aromatic N) is 9. The quantitative estimate of drug-likeness (QED) is 0.211. The van der Waals surface area contributed by atoms with Crippen molar-refractivity contribution in [2.75, 3.05) is 0 Å². The molecule has 0 bridgehead atoms. The maximum absolute atomic E-state index is 4.54. The summed E-state index contributed by atoms with van der Waals surface area (Å²) in [5, 5.41) is 9.08. The molecule has 1 aromatic carbocycles. The largest absolute Gasteiger partial charge is 0.485 e. The molecule has 0 atom stereocenters. The second-order valence-electron chi connectivity index (χ2n) is 8.21. The van der Waals surface area contributed by atoms with Crippen LogP contribution >= 0.6 is 0 Å². The molecule has 36 heavy (non-hydrogen) atoms. The molecule has 0 amide bonds. The Balaban J connectivity index is 0.000000198. The van der Waals surface area contributed by atoms with Crippen molar-refractivity contribution in [3.8, 4) is 11.3 Å². The molecule has 6 rings (SSSR count). The topological polar surface area (TPSA) is 68.2 Å². The monoisotopic (exact) mass is 656 g/mol. The van der Waals surface area contributed by atoms with E-state index < -0.39 is 6.69 Å². The van der Waals surface area contributed by atoms with Gasteiger partial charge in [-0.1, -0.05) is 12.1 Å². The van der Waals surface area contributed by atoms with Crippen molar-refractivity contribution in [3.05, 3.63) is 129 Å². The van der Waals surface area contributed by atoms with Crippen molar-refractivity contribution in [3.63, 3.8) is 0 Å². The molecular weight excluding hydrogens is 629 g/mol. The van der Waals surface area contributed by atoms with Crippen LogP contribution in [0.2, 0.25) is 0 Å². The summed E-state index contributed by atoms with van der Waals surface area (Å²) in [6.45, 7) is -1.69. The molecule has 11 heteroatoms. The minimum atomic E-state index is -1.69. The molecule has 0 unspecified atom stereocenters. The fraction of sp³-hybridized carbons (Fsp3) is 0.0800. The first-order valence-corrected chi connectivity index (χ1v) is 11.3. The van der Waals surface area contributed by atoms with E-state index in [1.165, 1.54) is 0 Å². The van der Waals surface area contributed by atoms with Crippen LogP contribution in [0, 0.1) is 6.07 Å². The Morgan fingerprint density at radius 3 is 1.72 bits per heavy atom. The van der Waals surface area contributed by atoms with Crippen molar-refractivity contribution in [1.82, 2.24) is 42.5 Å². The van der Waals surface area contributed by atoms with Crippen LogP contribution in [-0.2, 0) is 34.2 Å². The van der Waals surface area contributed by atoms with Crippen LogP contribution in [0.5, 0.6) is 0 Å². The maximum atomic E-state index is 4.54. The van der Waals surface area contributed by atoms with Crippen molar-refractivity contribution in [1.29, 1.82) is 0 Å². The van der Waals surface area contributed by atoms with Gasteiger partial charge in [0.25, 0.3) is 0 Å². The Bertz CT molecular complexity index is 1350. The SMILES string of the molecule is Cn1ccn([B-](n2ccn(C)[cH+]2)(n2cccn2)n2cccn2)[cH+]1.[Ir].[c-]1ccccc1-c1ccccn1. The molecule has 0 saturated carbocycles. The van der Waals surface area contributed by atoms with Gasteiger partial charge < -0.3 is 23.1 Å². The third-order valence-corrected chi connectivity index (χ3v) is 5.79. The van der Waals surface area contributed by atoms with Gasteiger partial charge in [-0.15, -0.1) is 35.9 Å². The van der Waals surface area contributed by atoms with E-state index in [2.05, 4.69) is 30.2 Å². The Morgan fingerprint density at radius 2 is 1.31 bits per heavy atom. The van der Waals surface area contributed by atoms with Crippen molar-refractivity contribution < 1.29 is 20.1 Å². The first-order chi connectivity index (χ1) is 17.2. The first kappa shape index (κ1) is 25.0. The number of benzene rings is 1. The molecule has 5 aromatic heterocycles. The van der Waals surface area contributed by atoms with Gasteiger partial charge in [0.05, 0.1) is 0 Å². The van der Waals surface area contributed by atoms with Gasteiger partial charge in [-0.25, -0.2) is 19.3 Å². The van der Waals surface area contributed by atoms with E-state index in [4.69, 9.17) is 0 Å². The summed E-state index contributed by atoms with van der Waals surface area (Å²) in [7, 11) is 4.00. The maximum Gasteiger partial charge on any atom is 0.485 e. The standard InChI is InChI=1S/C14H18BN8.C11H8N.Ir/c1-18-9-11-20(13-18)15(22-7-3-5-16-22,23-8-4-6-17-23)21-12-10-19(2)14-21;1-2-6-10(7-3-1)11-8-4-5-9-12-11;/h3-14H,1-2H3;1-6,8-9H;/q+1;-1;. The Labute approximate surface area is 223 Å². The van der Waals surface area contributed by atoms with E-state index in [-0.39, 0.29) is 20.1 Å². The predicted octanol–water partition coefficient (Wildman–Crippen LogP) is 3.40. The Hall–Kier alpha value is -4.08. The predicted molar refractivity (Wildman–Crippen MR) is 136 cm³/mol. The minimum absolute atomic E-state index is 0. The number of hydrogen-bond donors (Lipinski definition) is 0. The molecule has 0 saturated heterocycles. The fourth-order valence-electron chi connectivity index (χ4n) is 4.22. The molecule has 6 aromatic rings. The summed E-state index contributed by atoms with van der Waals surface area (Å²) in [4.78, 5) is 4.22. The number of imidazole rings is 2. The van der Waals surface area contributed by atoms with E-state index in [9.17, 15) is 0 Å². The third-order valence-electron chi connectivity index (χ3n) is 5.79. The van der Waals surface area contributed by atoms with Crippen LogP contribution in [0.4, 0.5) is 0 Å². The average molecular weight is 656 g/mol. The normalized spacial score (nSPS) is 10.8. The van der Waals surface area contributed by atoms with Crippen LogP contribution in [0.25, 0.3) is 11.3 Å². The molecular formula is C25H26BIrN9. The van der Waals surface area contributed by atoms with E-state index in [1.807, 2.05) is 137 Å². The van der Waals surface area contributed by atoms with E-state index in [0.29, 0.717) is 0 Å². The van der Waals surface area contributed by atoms with Gasteiger partial charge in [0.1, 0.15) is 25.0 Å². The zero-order chi connectivity index (χ0) is 24.1. The third kappa shape index (κ3) is 4.84. The Morgan fingerprint density at radius 1 is 0.694 bits per heavy atom. The summed E-state index contributed by atoms with van der Waals surface area (Å²) in [6, 6.07) is 20.7. The summed E-state index contributed by atoms with van der Waals surface area (Å²) >= 11 is 0. The molecule has 183 valence electrons. The second kappa shape index (κ2) is 11.1. The van der Waals surface area contributed by atoms with Crippen LogP contribution in [0.15, 0.2) is 123 Å². The van der Waals surface area contributed by atoms with E-state index in [0.717, 1.165) is 11.3 Å². The molecule has 0 spiro atoms. The van der Waals surface area contributed by atoms with Gasteiger partial charge in [-0.05, 0) is 36.3 Å². The van der Waals surface area contributed by atoms with Crippen LogP contribution in [0.3, 0.4) is 0 Å². The fourth-order valence-corrected chi connectivity index (χ4v) is 4.22. The molecule has 0 N–H and O–H groups in total. The average Bonchev–Trinajstić information content (AvgIpc) is 3.72. The minimum Gasteiger partial charge on any atom is -0.378 e. The second-order valence-corrected chi connectivity index (χ2v) is 8.21. The number of pyridine rings is 1. The van der Waals surface area contributed by atoms with Crippen molar-refractivity contribution in [2.45, 2.75) is 0 Å². The number of hydrogen-bond acceptors (Lipinski definition) is 3. The summed E-state index contributed by atoms with van der Waals surface area (Å²) < 4.78 is 12.1. The van der Waals surface area contributed by atoms with Crippen LogP contribution in [-0.4, -0.2) is 49.1 Å². The summed E-state index contributed by atoms with van der Waals surface area (Å²) in [5.41, 5.74) is 2.01. The zero-order valence-corrected chi connectivity index (χ0v) is 22.4. The summed E-state index contributed by atoms with van der Waals surface area (Å²) in [5.74, 6) is 0. The van der Waals surface area contributed by atoms with Gasteiger partial charge in [0.15, 0.2) is 12.4 Å². The first-order valence-electron chi connectivity index (χ1n) is 11.3. The molecule has 0 fully saturated rings. The molecule has 0 aliphatic heterocycles. The van der Waals surface area contributed by atoms with Gasteiger partial charge in [-0.3, -0.25) is 0 Å². The zero-order valence-electron chi connectivity index (χ0n) is 20.0. The summed E-state index contributed by atoms with van der Waals surface area (Å²) in [6.07, 6.45) is 21.4. The van der Waals surface area contributed by atoms with E-state index in [1.54, 1.807) is 18.6 Å². The smallest absolute Gasteiger partial charge is 0.378 e. The molecule has 0 aliphatic carbocycles. The van der Waals surface area contributed by atoms with Crippen molar-refractivity contribution in [2.24, 2.45) is 14.1 Å². The van der Waals surface area contributed by atoms with Crippen LogP contribution in [0.1, 0.15) is 0 Å². The molecule has 0 aliphatic rings. The number of aromatic nitrogens is 9. The van der Waals surface area contributed by atoms with Gasteiger partial charge in [0, 0.05) is 52.8 Å². The molecule has 1 radical (unpaired) electrons. The molecule has 5 heterocycles. The van der Waals surface area contributed by atoms with Crippen molar-refractivity contribution >= 4 is 6.69 Å². The number of rotatable bonds is 5. The van der Waals surface area contributed by atoms with Gasteiger partial charge >= 0.3 is 6.69 Å². The van der Waals surface area contributed by atoms with Gasteiger partial charge in [-0.2, -0.15) is 0 Å².